The molecule has 1 saturated heterocycles. The molecule has 2 unspecified atom stereocenters. The van der Waals surface area contributed by atoms with E-state index in [1.165, 1.54) is 5.56 Å². The monoisotopic (exact) mass is 234 g/mol. The van der Waals surface area contributed by atoms with Crippen molar-refractivity contribution < 1.29 is 4.74 Å². The van der Waals surface area contributed by atoms with Crippen molar-refractivity contribution in [1.82, 2.24) is 5.43 Å². The van der Waals surface area contributed by atoms with Crippen molar-refractivity contribution in [1.29, 1.82) is 0 Å². The molecule has 1 aliphatic rings. The second kappa shape index (κ2) is 5.17. The van der Waals surface area contributed by atoms with Crippen molar-refractivity contribution in [2.75, 3.05) is 13.2 Å². The van der Waals surface area contributed by atoms with Crippen LogP contribution in [0.3, 0.4) is 0 Å². The molecule has 3 heteroatoms. The van der Waals surface area contributed by atoms with Gasteiger partial charge in [0.25, 0.3) is 0 Å². The van der Waals surface area contributed by atoms with Gasteiger partial charge in [0.1, 0.15) is 0 Å². The van der Waals surface area contributed by atoms with Gasteiger partial charge in [0.05, 0.1) is 6.61 Å². The highest BCUT2D eigenvalue weighted by molar-refractivity contribution is 5.26. The number of hydrazine groups is 1. The van der Waals surface area contributed by atoms with Crippen molar-refractivity contribution in [3.05, 3.63) is 35.9 Å². The van der Waals surface area contributed by atoms with E-state index < -0.39 is 0 Å². The third kappa shape index (κ3) is 2.51. The van der Waals surface area contributed by atoms with Crippen LogP contribution in [0.5, 0.6) is 0 Å². The SMILES string of the molecule is CC(C)(c1ccccc1)C(NN)C1CCOC1. The Labute approximate surface area is 103 Å². The first-order chi connectivity index (χ1) is 8.16. The summed E-state index contributed by atoms with van der Waals surface area (Å²) in [7, 11) is 0. The zero-order valence-corrected chi connectivity index (χ0v) is 10.6. The molecular weight excluding hydrogens is 212 g/mol. The zero-order chi connectivity index (χ0) is 12.3. The molecule has 1 aliphatic heterocycles. The predicted octanol–water partition coefficient (Wildman–Crippen LogP) is 1.83. The van der Waals surface area contributed by atoms with Crippen LogP contribution in [0.15, 0.2) is 30.3 Å². The van der Waals surface area contributed by atoms with Gasteiger partial charge in [-0.15, -0.1) is 0 Å². The van der Waals surface area contributed by atoms with Gasteiger partial charge in [0.2, 0.25) is 0 Å². The molecule has 1 aromatic rings. The molecule has 1 aromatic carbocycles. The standard InChI is InChI=1S/C14H22N2O/c1-14(2,12-6-4-3-5-7-12)13(16-15)11-8-9-17-10-11/h3-7,11,13,16H,8-10,15H2,1-2H3. The van der Waals surface area contributed by atoms with E-state index in [9.17, 15) is 0 Å². The summed E-state index contributed by atoms with van der Waals surface area (Å²) in [6, 6.07) is 10.8. The van der Waals surface area contributed by atoms with Gasteiger partial charge in [-0.05, 0) is 12.0 Å². The van der Waals surface area contributed by atoms with Crippen LogP contribution in [0, 0.1) is 5.92 Å². The molecule has 2 rings (SSSR count). The molecule has 0 aliphatic carbocycles. The van der Waals surface area contributed by atoms with Crippen molar-refractivity contribution in [3.8, 4) is 0 Å². The minimum atomic E-state index is 0.00831. The normalized spacial score (nSPS) is 22.6. The summed E-state index contributed by atoms with van der Waals surface area (Å²) in [6.45, 7) is 6.15. The van der Waals surface area contributed by atoms with Crippen LogP contribution in [-0.2, 0) is 10.2 Å². The van der Waals surface area contributed by atoms with Gasteiger partial charge in [0.15, 0.2) is 0 Å². The third-order valence-electron chi connectivity index (χ3n) is 3.91. The summed E-state index contributed by atoms with van der Waals surface area (Å²) in [6.07, 6.45) is 1.09. The third-order valence-corrected chi connectivity index (χ3v) is 3.91. The fourth-order valence-corrected chi connectivity index (χ4v) is 2.80. The van der Waals surface area contributed by atoms with Gasteiger partial charge in [-0.2, -0.15) is 0 Å². The fourth-order valence-electron chi connectivity index (χ4n) is 2.80. The first kappa shape index (κ1) is 12.6. The highest BCUT2D eigenvalue weighted by Crippen LogP contribution is 2.33. The first-order valence-corrected chi connectivity index (χ1v) is 6.25. The lowest BCUT2D eigenvalue weighted by molar-refractivity contribution is 0.161. The number of benzene rings is 1. The van der Waals surface area contributed by atoms with Crippen LogP contribution in [0.2, 0.25) is 0 Å². The second-order valence-corrected chi connectivity index (χ2v) is 5.36. The Hall–Kier alpha value is -0.900. The van der Waals surface area contributed by atoms with E-state index in [2.05, 4.69) is 43.5 Å². The van der Waals surface area contributed by atoms with Gasteiger partial charge in [-0.25, -0.2) is 0 Å². The maximum atomic E-state index is 5.77. The number of rotatable bonds is 4. The molecule has 3 N–H and O–H groups in total. The molecule has 0 radical (unpaired) electrons. The highest BCUT2D eigenvalue weighted by Gasteiger charge is 2.37. The molecule has 94 valence electrons. The topological polar surface area (TPSA) is 47.3 Å². The van der Waals surface area contributed by atoms with Crippen molar-refractivity contribution in [2.45, 2.75) is 31.7 Å². The summed E-state index contributed by atoms with van der Waals surface area (Å²) in [5.74, 6) is 6.27. The number of hydrogen-bond donors (Lipinski definition) is 2. The first-order valence-electron chi connectivity index (χ1n) is 6.25. The molecule has 17 heavy (non-hydrogen) atoms. The van der Waals surface area contributed by atoms with Gasteiger partial charge in [-0.3, -0.25) is 11.3 Å². The van der Waals surface area contributed by atoms with E-state index in [4.69, 9.17) is 10.6 Å². The maximum absolute atomic E-state index is 5.77. The Morgan fingerprint density at radius 1 is 1.35 bits per heavy atom. The number of nitrogens with two attached hydrogens (primary N) is 1. The van der Waals surface area contributed by atoms with E-state index in [1.54, 1.807) is 0 Å². The molecule has 0 aromatic heterocycles. The number of hydrogen-bond acceptors (Lipinski definition) is 3. The predicted molar refractivity (Wildman–Crippen MR) is 69.5 cm³/mol. The smallest absolute Gasteiger partial charge is 0.0510 e. The lowest BCUT2D eigenvalue weighted by Gasteiger charge is -2.37. The largest absolute Gasteiger partial charge is 0.381 e. The average molecular weight is 234 g/mol. The summed E-state index contributed by atoms with van der Waals surface area (Å²) in [5.41, 5.74) is 4.33. The van der Waals surface area contributed by atoms with Gasteiger partial charge in [0, 0.05) is 24.0 Å². The van der Waals surface area contributed by atoms with E-state index in [0.29, 0.717) is 5.92 Å². The quantitative estimate of drug-likeness (QED) is 0.617. The zero-order valence-electron chi connectivity index (χ0n) is 10.6. The van der Waals surface area contributed by atoms with E-state index in [1.807, 2.05) is 6.07 Å². The lowest BCUT2D eigenvalue weighted by Crippen LogP contribution is -2.52. The van der Waals surface area contributed by atoms with Crippen LogP contribution in [0.1, 0.15) is 25.8 Å². The number of ether oxygens (including phenoxy) is 1. The van der Waals surface area contributed by atoms with Crippen LogP contribution in [-0.4, -0.2) is 19.3 Å². The van der Waals surface area contributed by atoms with Crippen molar-refractivity contribution in [3.63, 3.8) is 0 Å². The Kier molecular flexibility index (Phi) is 3.82. The van der Waals surface area contributed by atoms with E-state index in [0.717, 1.165) is 19.6 Å². The van der Waals surface area contributed by atoms with Crippen molar-refractivity contribution >= 4 is 0 Å². The molecule has 1 fully saturated rings. The van der Waals surface area contributed by atoms with Crippen LogP contribution in [0.25, 0.3) is 0 Å². The Morgan fingerprint density at radius 2 is 2.06 bits per heavy atom. The molecule has 3 nitrogen and oxygen atoms in total. The molecule has 0 saturated carbocycles. The van der Waals surface area contributed by atoms with Gasteiger partial charge >= 0.3 is 0 Å². The molecular formula is C14H22N2O. The fraction of sp³-hybridized carbons (Fsp3) is 0.571. The van der Waals surface area contributed by atoms with E-state index in [-0.39, 0.29) is 11.5 Å². The van der Waals surface area contributed by atoms with Crippen molar-refractivity contribution in [2.24, 2.45) is 11.8 Å². The Balaban J connectivity index is 2.22. The van der Waals surface area contributed by atoms with Crippen LogP contribution in [0.4, 0.5) is 0 Å². The summed E-state index contributed by atoms with van der Waals surface area (Å²) in [4.78, 5) is 0. The minimum absolute atomic E-state index is 0.00831. The average Bonchev–Trinajstić information content (AvgIpc) is 2.84. The molecule has 0 spiro atoms. The Bertz CT molecular complexity index is 344. The maximum Gasteiger partial charge on any atom is 0.0510 e. The Morgan fingerprint density at radius 3 is 2.59 bits per heavy atom. The molecule has 2 atom stereocenters. The van der Waals surface area contributed by atoms with E-state index >= 15 is 0 Å². The van der Waals surface area contributed by atoms with Gasteiger partial charge < -0.3 is 4.74 Å². The molecule has 0 bridgehead atoms. The highest BCUT2D eigenvalue weighted by atomic mass is 16.5. The van der Waals surface area contributed by atoms with Gasteiger partial charge in [-0.1, -0.05) is 44.2 Å². The molecule has 1 heterocycles. The summed E-state index contributed by atoms with van der Waals surface area (Å²) < 4.78 is 5.48. The lowest BCUT2D eigenvalue weighted by atomic mass is 9.72. The summed E-state index contributed by atoms with van der Waals surface area (Å²) >= 11 is 0. The molecule has 0 amide bonds. The van der Waals surface area contributed by atoms with Crippen LogP contribution < -0.4 is 11.3 Å². The second-order valence-electron chi connectivity index (χ2n) is 5.36. The minimum Gasteiger partial charge on any atom is -0.381 e. The summed E-state index contributed by atoms with van der Waals surface area (Å²) in [5, 5.41) is 0. The number of nitrogens with one attached hydrogen (secondary N) is 1. The van der Waals surface area contributed by atoms with Crippen LogP contribution >= 0.6 is 0 Å².